The van der Waals surface area contributed by atoms with Gasteiger partial charge in [0.2, 0.25) is 11.8 Å². The Balaban J connectivity index is 2.71. The van der Waals surface area contributed by atoms with Gasteiger partial charge in [-0.3, -0.25) is 9.59 Å². The van der Waals surface area contributed by atoms with Crippen molar-refractivity contribution in [1.29, 1.82) is 0 Å². The van der Waals surface area contributed by atoms with Crippen molar-refractivity contribution >= 4 is 11.8 Å². The average molecular weight is 190 g/mol. The summed E-state index contributed by atoms with van der Waals surface area (Å²) in [6.07, 6.45) is -1.30. The van der Waals surface area contributed by atoms with Crippen molar-refractivity contribution in [3.8, 4) is 0 Å². The normalized spacial score (nSPS) is 27.7. The Hall–Kier alpha value is -1.17. The molecule has 0 radical (unpaired) electrons. The van der Waals surface area contributed by atoms with Crippen LogP contribution in [0.5, 0.6) is 0 Å². The van der Waals surface area contributed by atoms with E-state index in [1.165, 1.54) is 0 Å². The van der Waals surface area contributed by atoms with Crippen LogP contribution >= 0.6 is 0 Å². The van der Waals surface area contributed by atoms with Crippen LogP contribution in [0.15, 0.2) is 0 Å². The van der Waals surface area contributed by atoms with Gasteiger partial charge in [0, 0.05) is 6.42 Å². The summed E-state index contributed by atoms with van der Waals surface area (Å²) in [5.41, 5.74) is 4.96. The summed E-state index contributed by atoms with van der Waals surface area (Å²) < 4.78 is 12.8. The van der Waals surface area contributed by atoms with Gasteiger partial charge in [0.1, 0.15) is 18.8 Å². The van der Waals surface area contributed by atoms with Gasteiger partial charge in [0.25, 0.3) is 0 Å². The molecule has 1 aliphatic heterocycles. The SMILES string of the molecule is NC(=O)C1CC(F)CN1C(=O)CO. The van der Waals surface area contributed by atoms with Gasteiger partial charge in [-0.2, -0.15) is 0 Å². The number of hydrogen-bond donors (Lipinski definition) is 2. The number of aliphatic hydroxyl groups excluding tert-OH is 1. The summed E-state index contributed by atoms with van der Waals surface area (Å²) in [4.78, 5) is 22.7. The molecule has 2 unspecified atom stereocenters. The summed E-state index contributed by atoms with van der Waals surface area (Å²) in [5.74, 6) is -1.40. The molecular weight excluding hydrogens is 179 g/mol. The van der Waals surface area contributed by atoms with Crippen LogP contribution in [0.3, 0.4) is 0 Å². The van der Waals surface area contributed by atoms with Gasteiger partial charge >= 0.3 is 0 Å². The molecule has 13 heavy (non-hydrogen) atoms. The molecule has 2 amide bonds. The van der Waals surface area contributed by atoms with E-state index in [-0.39, 0.29) is 13.0 Å². The second-order valence-electron chi connectivity index (χ2n) is 2.96. The standard InChI is InChI=1S/C7H11FN2O3/c8-4-1-5(7(9)13)10(2-4)6(12)3-11/h4-5,11H,1-3H2,(H2,9,13). The third-order valence-corrected chi connectivity index (χ3v) is 2.03. The van der Waals surface area contributed by atoms with E-state index in [4.69, 9.17) is 10.8 Å². The first-order valence-electron chi connectivity index (χ1n) is 3.90. The molecule has 2 atom stereocenters. The number of rotatable bonds is 2. The van der Waals surface area contributed by atoms with E-state index in [1.807, 2.05) is 0 Å². The van der Waals surface area contributed by atoms with Crippen LogP contribution in [0.25, 0.3) is 0 Å². The van der Waals surface area contributed by atoms with Crippen molar-refractivity contribution in [2.24, 2.45) is 5.73 Å². The molecule has 3 N–H and O–H groups in total. The van der Waals surface area contributed by atoms with E-state index in [1.54, 1.807) is 0 Å². The van der Waals surface area contributed by atoms with Crippen LogP contribution in [0.2, 0.25) is 0 Å². The highest BCUT2D eigenvalue weighted by Gasteiger charge is 2.38. The van der Waals surface area contributed by atoms with E-state index in [0.717, 1.165) is 4.90 Å². The van der Waals surface area contributed by atoms with Gasteiger partial charge in [-0.05, 0) is 0 Å². The Morgan fingerprint density at radius 1 is 1.62 bits per heavy atom. The molecular formula is C7H11FN2O3. The molecule has 0 spiro atoms. The summed E-state index contributed by atoms with van der Waals surface area (Å²) in [6, 6.07) is -0.908. The second-order valence-corrected chi connectivity index (χ2v) is 2.96. The maximum Gasteiger partial charge on any atom is 0.249 e. The van der Waals surface area contributed by atoms with Crippen molar-refractivity contribution in [2.75, 3.05) is 13.2 Å². The fourth-order valence-electron chi connectivity index (χ4n) is 1.42. The molecule has 0 saturated carbocycles. The van der Waals surface area contributed by atoms with Gasteiger partial charge in [-0.15, -0.1) is 0 Å². The van der Waals surface area contributed by atoms with Crippen LogP contribution in [0, 0.1) is 0 Å². The van der Waals surface area contributed by atoms with Crippen molar-refractivity contribution in [2.45, 2.75) is 18.6 Å². The second kappa shape index (κ2) is 3.69. The van der Waals surface area contributed by atoms with E-state index < -0.39 is 30.6 Å². The van der Waals surface area contributed by atoms with Gasteiger partial charge in [-0.1, -0.05) is 0 Å². The molecule has 1 rings (SSSR count). The van der Waals surface area contributed by atoms with Crippen LogP contribution in [-0.2, 0) is 9.59 Å². The van der Waals surface area contributed by atoms with E-state index in [0.29, 0.717) is 0 Å². The summed E-state index contributed by atoms with van der Waals surface area (Å²) in [7, 11) is 0. The first-order valence-corrected chi connectivity index (χ1v) is 3.90. The number of primary amides is 1. The average Bonchev–Trinajstić information content (AvgIpc) is 2.46. The van der Waals surface area contributed by atoms with Gasteiger partial charge < -0.3 is 15.7 Å². The Morgan fingerprint density at radius 3 is 2.69 bits per heavy atom. The topological polar surface area (TPSA) is 83.6 Å². The van der Waals surface area contributed by atoms with Gasteiger partial charge in [0.15, 0.2) is 0 Å². The van der Waals surface area contributed by atoms with Crippen LogP contribution in [0.1, 0.15) is 6.42 Å². The number of amides is 2. The minimum Gasteiger partial charge on any atom is -0.387 e. The molecule has 0 bridgehead atoms. The molecule has 1 heterocycles. The Morgan fingerprint density at radius 2 is 2.23 bits per heavy atom. The molecule has 0 aliphatic carbocycles. The number of carbonyl (C=O) groups excluding carboxylic acids is 2. The molecule has 0 aromatic rings. The summed E-state index contributed by atoms with van der Waals surface area (Å²) >= 11 is 0. The lowest BCUT2D eigenvalue weighted by molar-refractivity contribution is -0.139. The highest BCUT2D eigenvalue weighted by Crippen LogP contribution is 2.19. The molecule has 1 fully saturated rings. The predicted molar refractivity (Wildman–Crippen MR) is 41.3 cm³/mol. The number of carbonyl (C=O) groups is 2. The smallest absolute Gasteiger partial charge is 0.249 e. The zero-order valence-corrected chi connectivity index (χ0v) is 6.94. The number of halogens is 1. The molecule has 6 heteroatoms. The number of aliphatic hydroxyl groups is 1. The number of hydrogen-bond acceptors (Lipinski definition) is 3. The first kappa shape index (κ1) is 9.91. The van der Waals surface area contributed by atoms with Gasteiger partial charge in [-0.25, -0.2) is 4.39 Å². The molecule has 1 saturated heterocycles. The minimum atomic E-state index is -1.23. The highest BCUT2D eigenvalue weighted by molar-refractivity contribution is 5.87. The zero-order chi connectivity index (χ0) is 10.0. The fourth-order valence-corrected chi connectivity index (χ4v) is 1.42. The van der Waals surface area contributed by atoms with Crippen molar-refractivity contribution in [3.05, 3.63) is 0 Å². The molecule has 5 nitrogen and oxygen atoms in total. The maximum atomic E-state index is 12.8. The van der Waals surface area contributed by atoms with Crippen LogP contribution in [0.4, 0.5) is 4.39 Å². The lowest BCUT2D eigenvalue weighted by Crippen LogP contribution is -2.44. The molecule has 1 aliphatic rings. The lowest BCUT2D eigenvalue weighted by atomic mass is 10.2. The highest BCUT2D eigenvalue weighted by atomic mass is 19.1. The number of nitrogens with two attached hydrogens (primary N) is 1. The predicted octanol–water partition coefficient (Wildman–Crippen LogP) is -1.60. The van der Waals surface area contributed by atoms with E-state index >= 15 is 0 Å². The van der Waals surface area contributed by atoms with Gasteiger partial charge in [0.05, 0.1) is 6.54 Å². The van der Waals surface area contributed by atoms with Crippen LogP contribution < -0.4 is 5.73 Å². The van der Waals surface area contributed by atoms with Crippen LogP contribution in [-0.4, -0.2) is 47.2 Å². The Kier molecular flexibility index (Phi) is 2.82. The Labute approximate surface area is 74.3 Å². The van der Waals surface area contributed by atoms with Crippen molar-refractivity contribution < 1.29 is 19.1 Å². The van der Waals surface area contributed by atoms with E-state index in [9.17, 15) is 14.0 Å². The molecule has 74 valence electrons. The van der Waals surface area contributed by atoms with Crippen molar-refractivity contribution in [1.82, 2.24) is 4.90 Å². The zero-order valence-electron chi connectivity index (χ0n) is 6.94. The molecule has 0 aromatic carbocycles. The first-order chi connectivity index (χ1) is 6.06. The number of likely N-dealkylation sites (tertiary alicyclic amines) is 1. The summed E-state index contributed by atoms with van der Waals surface area (Å²) in [6.45, 7) is -0.885. The summed E-state index contributed by atoms with van der Waals surface area (Å²) in [5, 5.41) is 8.52. The third-order valence-electron chi connectivity index (χ3n) is 2.03. The third kappa shape index (κ3) is 1.95. The largest absolute Gasteiger partial charge is 0.387 e. The maximum absolute atomic E-state index is 12.8. The lowest BCUT2D eigenvalue weighted by Gasteiger charge is -2.20. The van der Waals surface area contributed by atoms with Crippen molar-refractivity contribution in [3.63, 3.8) is 0 Å². The quantitative estimate of drug-likeness (QED) is 0.550. The number of nitrogens with zero attached hydrogens (tertiary/aromatic N) is 1. The number of alkyl halides is 1. The Bertz CT molecular complexity index is 234. The minimum absolute atomic E-state index is 0.0684. The van der Waals surface area contributed by atoms with E-state index in [2.05, 4.69) is 0 Å². The fraction of sp³-hybridized carbons (Fsp3) is 0.714. The molecule has 0 aromatic heterocycles. The monoisotopic (exact) mass is 190 g/mol.